The van der Waals surface area contributed by atoms with E-state index >= 15 is 0 Å². The summed E-state index contributed by atoms with van der Waals surface area (Å²) in [4.78, 5) is 12.2. The highest BCUT2D eigenvalue weighted by Crippen LogP contribution is 2.40. The van der Waals surface area contributed by atoms with Gasteiger partial charge < -0.3 is 23.7 Å². The van der Waals surface area contributed by atoms with Crippen molar-refractivity contribution in [2.75, 3.05) is 35.0 Å². The lowest BCUT2D eigenvalue weighted by molar-refractivity contribution is -0.142. The molecule has 0 amide bonds. The lowest BCUT2D eigenvalue weighted by atomic mass is 9.99. The Labute approximate surface area is 181 Å². The molecule has 0 aliphatic rings. The molecule has 164 valence electrons. The Morgan fingerprint density at radius 3 is 2.03 bits per heavy atom. The van der Waals surface area contributed by atoms with E-state index in [2.05, 4.69) is 0 Å². The standard InChI is InChI=1S/C24H27O7/c1-7-30-24(25)11-16-10-21(27-4)23(29-6)13-18(16)19-8-15-9-20(26-3)22(28-5)12-17(15)14(2)31-19/h8-10,12-13H,7,11H2,1-6H3/q+1. The van der Waals surface area contributed by atoms with Crippen molar-refractivity contribution < 1.29 is 32.9 Å². The summed E-state index contributed by atoms with van der Waals surface area (Å²) in [5, 5.41) is 1.81. The van der Waals surface area contributed by atoms with Crippen LogP contribution < -0.4 is 18.9 Å². The monoisotopic (exact) mass is 427 g/mol. The first-order valence-electron chi connectivity index (χ1n) is 9.86. The Kier molecular flexibility index (Phi) is 6.84. The number of benzene rings is 2. The number of rotatable bonds is 8. The van der Waals surface area contributed by atoms with Gasteiger partial charge in [-0.3, -0.25) is 4.79 Å². The van der Waals surface area contributed by atoms with E-state index in [1.54, 1.807) is 47.5 Å². The van der Waals surface area contributed by atoms with Crippen molar-refractivity contribution in [1.29, 1.82) is 0 Å². The Bertz CT molecular complexity index is 1110. The van der Waals surface area contributed by atoms with Gasteiger partial charge in [-0.2, -0.15) is 0 Å². The molecule has 0 atom stereocenters. The molecule has 1 aromatic heterocycles. The highest BCUT2D eigenvalue weighted by atomic mass is 16.5. The van der Waals surface area contributed by atoms with Crippen molar-refractivity contribution in [3.05, 3.63) is 41.7 Å². The second-order valence-corrected chi connectivity index (χ2v) is 6.81. The number of hydrogen-bond donors (Lipinski definition) is 0. The Hall–Kier alpha value is -3.48. The SMILES string of the molecule is CCOC(=O)Cc1cc(OC)c(OC)cc1-c1cc2cc(OC)c(OC)cc2c(C)[o+]1. The molecule has 0 unspecified atom stereocenters. The zero-order valence-corrected chi connectivity index (χ0v) is 18.7. The van der Waals surface area contributed by atoms with Crippen LogP contribution in [0.1, 0.15) is 18.2 Å². The highest BCUT2D eigenvalue weighted by molar-refractivity contribution is 5.90. The lowest BCUT2D eigenvalue weighted by Gasteiger charge is -2.12. The summed E-state index contributed by atoms with van der Waals surface area (Å²) in [7, 11) is 6.30. The number of fused-ring (bicyclic) bond motifs is 1. The summed E-state index contributed by atoms with van der Waals surface area (Å²) >= 11 is 0. The molecule has 0 aliphatic heterocycles. The first-order valence-corrected chi connectivity index (χ1v) is 9.86. The van der Waals surface area contributed by atoms with Crippen molar-refractivity contribution >= 4 is 16.7 Å². The molecule has 1 heterocycles. The Morgan fingerprint density at radius 1 is 0.839 bits per heavy atom. The van der Waals surface area contributed by atoms with Crippen LogP contribution in [0.4, 0.5) is 0 Å². The maximum Gasteiger partial charge on any atom is 0.361 e. The smallest absolute Gasteiger partial charge is 0.361 e. The largest absolute Gasteiger partial charge is 0.493 e. The van der Waals surface area contributed by atoms with Gasteiger partial charge >= 0.3 is 17.5 Å². The molecule has 7 heteroatoms. The quantitative estimate of drug-likeness (QED) is 0.376. The van der Waals surface area contributed by atoms with E-state index in [0.29, 0.717) is 52.3 Å². The van der Waals surface area contributed by atoms with E-state index in [0.717, 1.165) is 10.8 Å². The molecule has 0 fully saturated rings. The van der Waals surface area contributed by atoms with Crippen LogP contribution in [0.5, 0.6) is 23.0 Å². The fourth-order valence-corrected chi connectivity index (χ4v) is 3.51. The molecule has 0 saturated heterocycles. The fraction of sp³-hybridized carbons (Fsp3) is 0.333. The van der Waals surface area contributed by atoms with Gasteiger partial charge in [0.1, 0.15) is 0 Å². The van der Waals surface area contributed by atoms with Gasteiger partial charge in [0.05, 0.1) is 65.4 Å². The molecule has 0 spiro atoms. The second-order valence-electron chi connectivity index (χ2n) is 6.81. The van der Waals surface area contributed by atoms with Crippen LogP contribution >= 0.6 is 0 Å². The molecule has 3 aromatic rings. The fourth-order valence-electron chi connectivity index (χ4n) is 3.51. The van der Waals surface area contributed by atoms with Gasteiger partial charge in [0.2, 0.25) is 0 Å². The summed E-state index contributed by atoms with van der Waals surface area (Å²) in [5.41, 5.74) is 1.42. The molecule has 0 N–H and O–H groups in total. The van der Waals surface area contributed by atoms with E-state index < -0.39 is 0 Å². The van der Waals surface area contributed by atoms with Gasteiger partial charge in [0.15, 0.2) is 23.0 Å². The van der Waals surface area contributed by atoms with Gasteiger partial charge in [0.25, 0.3) is 0 Å². The third kappa shape index (κ3) is 4.50. The molecule has 2 aromatic carbocycles. The average molecular weight is 427 g/mol. The first kappa shape index (κ1) is 22.2. The summed E-state index contributed by atoms with van der Waals surface area (Å²) in [6, 6.07) is 9.25. The van der Waals surface area contributed by atoms with Gasteiger partial charge in [-0.1, -0.05) is 0 Å². The second kappa shape index (κ2) is 9.55. The maximum absolute atomic E-state index is 12.2. The van der Waals surface area contributed by atoms with Crippen LogP contribution in [0.25, 0.3) is 22.1 Å². The number of aryl methyl sites for hydroxylation is 1. The topological polar surface area (TPSA) is 74.5 Å². The predicted octanol–water partition coefficient (Wildman–Crippen LogP) is 4.83. The van der Waals surface area contributed by atoms with Gasteiger partial charge in [0, 0.05) is 17.5 Å². The van der Waals surface area contributed by atoms with Crippen LogP contribution in [0.3, 0.4) is 0 Å². The number of esters is 1. The Morgan fingerprint density at radius 2 is 1.42 bits per heavy atom. The summed E-state index contributed by atoms with van der Waals surface area (Å²) in [6.07, 6.45) is 0.0715. The Balaban J connectivity index is 2.23. The van der Waals surface area contributed by atoms with Gasteiger partial charge in [-0.15, -0.1) is 0 Å². The van der Waals surface area contributed by atoms with Crippen molar-refractivity contribution in [2.24, 2.45) is 0 Å². The van der Waals surface area contributed by atoms with E-state index in [4.69, 9.17) is 28.1 Å². The van der Waals surface area contributed by atoms with Crippen LogP contribution in [-0.4, -0.2) is 41.0 Å². The molecular formula is C24H27O7+. The van der Waals surface area contributed by atoms with E-state index in [1.165, 1.54) is 0 Å². The van der Waals surface area contributed by atoms with E-state index in [9.17, 15) is 4.79 Å². The summed E-state index contributed by atoms with van der Waals surface area (Å²) in [6.45, 7) is 3.96. The molecular weight excluding hydrogens is 400 g/mol. The number of ether oxygens (including phenoxy) is 5. The molecule has 0 bridgehead atoms. The maximum atomic E-state index is 12.2. The van der Waals surface area contributed by atoms with Crippen molar-refractivity contribution in [3.63, 3.8) is 0 Å². The van der Waals surface area contributed by atoms with Crippen molar-refractivity contribution in [1.82, 2.24) is 0 Å². The molecule has 3 rings (SSSR count). The zero-order chi connectivity index (χ0) is 22.5. The van der Waals surface area contributed by atoms with Crippen LogP contribution in [0.2, 0.25) is 0 Å². The van der Waals surface area contributed by atoms with Crippen LogP contribution in [0, 0.1) is 6.92 Å². The minimum atomic E-state index is -0.333. The summed E-state index contributed by atoms with van der Waals surface area (Å²) in [5.74, 6) is 3.24. The number of methoxy groups -OCH3 is 4. The summed E-state index contributed by atoms with van der Waals surface area (Å²) < 4.78 is 33.1. The van der Waals surface area contributed by atoms with Gasteiger partial charge in [-0.05, 0) is 24.6 Å². The minimum absolute atomic E-state index is 0.0715. The number of carbonyl (C=O) groups is 1. The highest BCUT2D eigenvalue weighted by Gasteiger charge is 2.25. The molecule has 7 nitrogen and oxygen atoms in total. The van der Waals surface area contributed by atoms with Crippen molar-refractivity contribution in [2.45, 2.75) is 20.3 Å². The van der Waals surface area contributed by atoms with Crippen LogP contribution in [-0.2, 0) is 16.0 Å². The average Bonchev–Trinajstić information content (AvgIpc) is 2.77. The van der Waals surface area contributed by atoms with Crippen molar-refractivity contribution in [3.8, 4) is 34.3 Å². The molecule has 0 radical (unpaired) electrons. The third-order valence-electron chi connectivity index (χ3n) is 5.00. The normalized spacial score (nSPS) is 10.6. The lowest BCUT2D eigenvalue weighted by Crippen LogP contribution is -2.09. The molecule has 0 aliphatic carbocycles. The van der Waals surface area contributed by atoms with E-state index in [1.807, 2.05) is 25.1 Å². The third-order valence-corrected chi connectivity index (χ3v) is 5.00. The predicted molar refractivity (Wildman–Crippen MR) is 117 cm³/mol. The molecule has 31 heavy (non-hydrogen) atoms. The molecule has 0 saturated carbocycles. The van der Waals surface area contributed by atoms with Gasteiger partial charge in [-0.25, -0.2) is 4.42 Å². The minimum Gasteiger partial charge on any atom is -0.493 e. The first-order chi connectivity index (χ1) is 14.9. The van der Waals surface area contributed by atoms with E-state index in [-0.39, 0.29) is 12.4 Å². The number of carbonyl (C=O) groups excluding carboxylic acids is 1. The number of hydrogen-bond acceptors (Lipinski definition) is 6. The zero-order valence-electron chi connectivity index (χ0n) is 18.7. The van der Waals surface area contributed by atoms with Crippen LogP contribution in [0.15, 0.2) is 34.7 Å².